The highest BCUT2D eigenvalue weighted by molar-refractivity contribution is 5.80. The van der Waals surface area contributed by atoms with Crippen LogP contribution >= 0.6 is 0 Å². The van der Waals surface area contributed by atoms with E-state index in [1.165, 1.54) is 0 Å². The fraction of sp³-hybridized carbons (Fsp3) is 0.0263. The first kappa shape index (κ1) is 26.1. The molecule has 204 valence electrons. The van der Waals surface area contributed by atoms with E-state index in [0.29, 0.717) is 17.5 Å². The predicted molar refractivity (Wildman–Crippen MR) is 173 cm³/mol. The summed E-state index contributed by atoms with van der Waals surface area (Å²) < 4.78 is 0. The van der Waals surface area contributed by atoms with Crippen LogP contribution in [0.25, 0.3) is 67.8 Å². The lowest BCUT2D eigenvalue weighted by Gasteiger charge is -2.13. The number of nitrogens with zero attached hydrogens (tertiary/aromatic N) is 5. The number of rotatable bonds is 6. The first-order valence-electron chi connectivity index (χ1n) is 14.2. The first-order valence-corrected chi connectivity index (χ1v) is 14.2. The fourth-order valence-corrected chi connectivity index (χ4v) is 5.11. The number of benzene rings is 4. The lowest BCUT2D eigenvalue weighted by atomic mass is 9.97. The summed E-state index contributed by atoms with van der Waals surface area (Å²) in [4.78, 5) is 24.3. The van der Waals surface area contributed by atoms with Crippen molar-refractivity contribution in [2.75, 3.05) is 0 Å². The van der Waals surface area contributed by atoms with Crippen molar-refractivity contribution in [3.8, 4) is 67.8 Å². The van der Waals surface area contributed by atoms with Crippen molar-refractivity contribution in [1.29, 1.82) is 0 Å². The maximum atomic E-state index is 5.11. The van der Waals surface area contributed by atoms with Crippen LogP contribution in [0.1, 0.15) is 5.56 Å². The van der Waals surface area contributed by atoms with Crippen LogP contribution in [0.3, 0.4) is 0 Å². The zero-order chi connectivity index (χ0) is 29.0. The van der Waals surface area contributed by atoms with Gasteiger partial charge >= 0.3 is 0 Å². The van der Waals surface area contributed by atoms with Crippen molar-refractivity contribution in [1.82, 2.24) is 24.9 Å². The van der Waals surface area contributed by atoms with E-state index in [0.717, 1.165) is 55.9 Å². The Morgan fingerprint density at radius 1 is 0.372 bits per heavy atom. The van der Waals surface area contributed by atoms with E-state index in [9.17, 15) is 0 Å². The second-order valence-electron chi connectivity index (χ2n) is 10.4. The summed E-state index contributed by atoms with van der Waals surface area (Å²) in [6.45, 7) is 2.10. The van der Waals surface area contributed by atoms with Crippen LogP contribution in [0.2, 0.25) is 0 Å². The van der Waals surface area contributed by atoms with Gasteiger partial charge in [0.15, 0.2) is 17.5 Å². The van der Waals surface area contributed by atoms with E-state index in [-0.39, 0.29) is 0 Å². The van der Waals surface area contributed by atoms with Gasteiger partial charge < -0.3 is 0 Å². The molecule has 0 amide bonds. The fourth-order valence-electron chi connectivity index (χ4n) is 5.11. The maximum absolute atomic E-state index is 5.11. The van der Waals surface area contributed by atoms with Gasteiger partial charge in [-0.2, -0.15) is 0 Å². The Kier molecular flexibility index (Phi) is 7.04. The minimum Gasteiger partial charge on any atom is -0.264 e. The molecule has 5 nitrogen and oxygen atoms in total. The van der Waals surface area contributed by atoms with Gasteiger partial charge in [0.2, 0.25) is 0 Å². The Hall–Kier alpha value is -5.81. The molecule has 0 N–H and O–H groups in total. The number of hydrogen-bond acceptors (Lipinski definition) is 5. The van der Waals surface area contributed by atoms with Crippen molar-refractivity contribution in [3.05, 3.63) is 151 Å². The molecule has 0 aliphatic rings. The molecule has 0 saturated heterocycles. The molecule has 43 heavy (non-hydrogen) atoms. The monoisotopic (exact) mass is 553 g/mol. The molecule has 0 saturated carbocycles. The molecule has 3 heterocycles. The molecule has 5 heteroatoms. The summed E-state index contributed by atoms with van der Waals surface area (Å²) in [6, 6.07) is 45.0. The molecule has 7 rings (SSSR count). The van der Waals surface area contributed by atoms with Gasteiger partial charge in [-0.15, -0.1) is 0 Å². The van der Waals surface area contributed by atoms with Crippen LogP contribution in [0.15, 0.2) is 146 Å². The second-order valence-corrected chi connectivity index (χ2v) is 10.4. The summed E-state index contributed by atoms with van der Waals surface area (Å²) in [7, 11) is 0. The molecular formula is C38H27N5. The van der Waals surface area contributed by atoms with Crippen molar-refractivity contribution in [2.45, 2.75) is 6.92 Å². The van der Waals surface area contributed by atoms with E-state index >= 15 is 0 Å². The van der Waals surface area contributed by atoms with Crippen LogP contribution in [0.5, 0.6) is 0 Å². The van der Waals surface area contributed by atoms with E-state index in [1.807, 2.05) is 91.1 Å². The Morgan fingerprint density at radius 3 is 1.40 bits per heavy atom. The Morgan fingerprint density at radius 2 is 0.837 bits per heavy atom. The van der Waals surface area contributed by atoms with Crippen LogP contribution in [0, 0.1) is 6.92 Å². The normalized spacial score (nSPS) is 10.9. The molecule has 0 unspecified atom stereocenters. The third-order valence-corrected chi connectivity index (χ3v) is 7.22. The first-order chi connectivity index (χ1) is 21.2. The van der Waals surface area contributed by atoms with Crippen molar-refractivity contribution < 1.29 is 0 Å². The quantitative estimate of drug-likeness (QED) is 0.206. The third kappa shape index (κ3) is 5.69. The number of pyridine rings is 2. The van der Waals surface area contributed by atoms with Crippen molar-refractivity contribution in [3.63, 3.8) is 0 Å². The molecular weight excluding hydrogens is 526 g/mol. The van der Waals surface area contributed by atoms with E-state index in [2.05, 4.69) is 60.4 Å². The average Bonchev–Trinajstić information content (AvgIpc) is 3.09. The highest BCUT2D eigenvalue weighted by atomic mass is 15.0. The summed E-state index contributed by atoms with van der Waals surface area (Å²) in [5.41, 5.74) is 9.74. The van der Waals surface area contributed by atoms with Gasteiger partial charge in [0.05, 0.1) is 11.4 Å². The van der Waals surface area contributed by atoms with Gasteiger partial charge in [-0.05, 0) is 54.4 Å². The minimum absolute atomic E-state index is 0.593. The van der Waals surface area contributed by atoms with Crippen molar-refractivity contribution in [2.24, 2.45) is 0 Å². The molecule has 0 atom stereocenters. The Balaban J connectivity index is 1.45. The molecule has 4 aromatic carbocycles. The van der Waals surface area contributed by atoms with Gasteiger partial charge in [-0.25, -0.2) is 19.9 Å². The number of hydrogen-bond donors (Lipinski definition) is 0. The van der Waals surface area contributed by atoms with Crippen molar-refractivity contribution >= 4 is 0 Å². The third-order valence-electron chi connectivity index (χ3n) is 7.22. The average molecular weight is 554 g/mol. The van der Waals surface area contributed by atoms with Gasteiger partial charge in [0.25, 0.3) is 0 Å². The summed E-state index contributed by atoms with van der Waals surface area (Å²) in [6.07, 6.45) is 3.66. The second kappa shape index (κ2) is 11.6. The Labute approximate surface area is 250 Å². The SMILES string of the molecule is Cc1cc(-c2ccccc2)nc(-c2cc(-c3cccnc3)cc(-c3nc(-c4ccccc4)nc(-c4ccccc4)n3)c2)c1. The topological polar surface area (TPSA) is 64.5 Å². The van der Waals surface area contributed by atoms with E-state index < -0.39 is 0 Å². The zero-order valence-corrected chi connectivity index (χ0v) is 23.6. The van der Waals surface area contributed by atoms with Gasteiger partial charge in [0.1, 0.15) is 0 Å². The molecule has 0 aliphatic carbocycles. The highest BCUT2D eigenvalue weighted by Crippen LogP contribution is 2.34. The van der Waals surface area contributed by atoms with E-state index in [4.69, 9.17) is 19.9 Å². The smallest absolute Gasteiger partial charge is 0.164 e. The van der Waals surface area contributed by atoms with E-state index in [1.54, 1.807) is 6.20 Å². The molecule has 0 bridgehead atoms. The van der Waals surface area contributed by atoms with Crippen LogP contribution in [0.4, 0.5) is 0 Å². The van der Waals surface area contributed by atoms with Gasteiger partial charge in [-0.1, -0.05) is 97.1 Å². The van der Waals surface area contributed by atoms with Crippen LogP contribution in [-0.2, 0) is 0 Å². The number of aryl methyl sites for hydroxylation is 1. The zero-order valence-electron chi connectivity index (χ0n) is 23.6. The van der Waals surface area contributed by atoms with Crippen LogP contribution in [-0.4, -0.2) is 24.9 Å². The lowest BCUT2D eigenvalue weighted by molar-refractivity contribution is 1.07. The summed E-state index contributed by atoms with van der Waals surface area (Å²) in [5, 5.41) is 0. The summed E-state index contributed by atoms with van der Waals surface area (Å²) >= 11 is 0. The minimum atomic E-state index is 0.593. The molecule has 0 aliphatic heterocycles. The maximum Gasteiger partial charge on any atom is 0.164 e. The summed E-state index contributed by atoms with van der Waals surface area (Å²) in [5.74, 6) is 1.84. The predicted octanol–water partition coefficient (Wildman–Crippen LogP) is 8.97. The van der Waals surface area contributed by atoms with Gasteiger partial charge in [-0.3, -0.25) is 4.98 Å². The molecule has 0 fully saturated rings. The molecule has 0 spiro atoms. The molecule has 3 aromatic heterocycles. The highest BCUT2D eigenvalue weighted by Gasteiger charge is 2.16. The van der Waals surface area contributed by atoms with Crippen LogP contribution < -0.4 is 0 Å². The molecule has 7 aromatic rings. The number of aromatic nitrogens is 5. The largest absolute Gasteiger partial charge is 0.264 e. The standard InChI is InChI=1S/C38H27N5/c1-26-20-34(27-12-5-2-6-13-27)40-35(21-26)32-22-31(30-18-11-19-39-25-30)23-33(24-32)38-42-36(28-14-7-3-8-15-28)41-37(43-38)29-16-9-4-10-17-29/h2-25H,1H3. The van der Waals surface area contributed by atoms with Gasteiger partial charge in [0, 0.05) is 45.8 Å². The lowest BCUT2D eigenvalue weighted by Crippen LogP contribution is -2.00. The molecule has 0 radical (unpaired) electrons. The Bertz CT molecular complexity index is 1950.